The van der Waals surface area contributed by atoms with E-state index in [0.717, 1.165) is 11.3 Å². The number of hydrogen-bond acceptors (Lipinski definition) is 1. The SMILES string of the molecule is Fc1cc(CNc2cc(Cl)cc(Cl)c2)ccc1Br. The van der Waals surface area contributed by atoms with Gasteiger partial charge in [-0.1, -0.05) is 29.3 Å². The van der Waals surface area contributed by atoms with Crippen molar-refractivity contribution in [3.63, 3.8) is 0 Å². The molecule has 1 nitrogen and oxygen atoms in total. The number of benzene rings is 2. The third-order valence-electron chi connectivity index (χ3n) is 2.34. The molecule has 0 saturated heterocycles. The fourth-order valence-corrected chi connectivity index (χ4v) is 2.28. The number of rotatable bonds is 3. The van der Waals surface area contributed by atoms with Gasteiger partial charge >= 0.3 is 0 Å². The average Bonchev–Trinajstić information content (AvgIpc) is 2.29. The van der Waals surface area contributed by atoms with Gasteiger partial charge in [0.1, 0.15) is 5.82 Å². The first kappa shape index (κ1) is 13.7. The summed E-state index contributed by atoms with van der Waals surface area (Å²) in [7, 11) is 0. The van der Waals surface area contributed by atoms with E-state index in [1.807, 2.05) is 6.07 Å². The third kappa shape index (κ3) is 3.61. The zero-order valence-corrected chi connectivity index (χ0v) is 12.3. The highest BCUT2D eigenvalue weighted by Crippen LogP contribution is 2.23. The summed E-state index contributed by atoms with van der Waals surface area (Å²) in [6, 6.07) is 10.2. The molecule has 0 fully saturated rings. The van der Waals surface area contributed by atoms with Gasteiger partial charge < -0.3 is 5.32 Å². The lowest BCUT2D eigenvalue weighted by atomic mass is 10.2. The first-order chi connectivity index (χ1) is 8.54. The first-order valence-electron chi connectivity index (χ1n) is 5.18. The minimum absolute atomic E-state index is 0.279. The predicted octanol–water partition coefficient (Wildman–Crippen LogP) is 5.51. The fraction of sp³-hybridized carbons (Fsp3) is 0.0769. The van der Waals surface area contributed by atoms with Crippen LogP contribution in [0.25, 0.3) is 0 Å². The predicted molar refractivity (Wildman–Crippen MR) is 77.9 cm³/mol. The van der Waals surface area contributed by atoms with Crippen molar-refractivity contribution in [3.05, 3.63) is 62.3 Å². The summed E-state index contributed by atoms with van der Waals surface area (Å²) in [5, 5.41) is 4.26. The van der Waals surface area contributed by atoms with E-state index in [-0.39, 0.29) is 5.82 Å². The molecule has 2 aromatic carbocycles. The minimum Gasteiger partial charge on any atom is -0.381 e. The van der Waals surface area contributed by atoms with Crippen LogP contribution < -0.4 is 5.32 Å². The normalized spacial score (nSPS) is 10.4. The molecule has 0 aromatic heterocycles. The zero-order chi connectivity index (χ0) is 13.1. The molecular formula is C13H9BrCl2FN. The monoisotopic (exact) mass is 347 g/mol. The van der Waals surface area contributed by atoms with E-state index in [2.05, 4.69) is 21.2 Å². The Hall–Kier alpha value is -0.770. The van der Waals surface area contributed by atoms with Gasteiger partial charge in [0, 0.05) is 22.3 Å². The highest BCUT2D eigenvalue weighted by atomic mass is 79.9. The zero-order valence-electron chi connectivity index (χ0n) is 9.18. The van der Waals surface area contributed by atoms with Crippen molar-refractivity contribution in [2.45, 2.75) is 6.54 Å². The Labute approximate surface area is 123 Å². The number of halogens is 4. The average molecular weight is 349 g/mol. The van der Waals surface area contributed by atoms with Crippen molar-refractivity contribution in [1.82, 2.24) is 0 Å². The lowest BCUT2D eigenvalue weighted by molar-refractivity contribution is 0.619. The summed E-state index contributed by atoms with van der Waals surface area (Å²) in [5.74, 6) is -0.279. The van der Waals surface area contributed by atoms with Gasteiger partial charge in [-0.2, -0.15) is 0 Å². The molecule has 2 rings (SSSR count). The van der Waals surface area contributed by atoms with Crippen LogP contribution in [0.2, 0.25) is 10.0 Å². The van der Waals surface area contributed by atoms with Gasteiger partial charge in [0.05, 0.1) is 4.47 Å². The van der Waals surface area contributed by atoms with Gasteiger partial charge in [0.15, 0.2) is 0 Å². The van der Waals surface area contributed by atoms with E-state index >= 15 is 0 Å². The Morgan fingerprint density at radius 1 is 1.06 bits per heavy atom. The van der Waals surface area contributed by atoms with Gasteiger partial charge in [0.2, 0.25) is 0 Å². The molecule has 0 aliphatic carbocycles. The van der Waals surface area contributed by atoms with Crippen LogP contribution in [0.15, 0.2) is 40.9 Å². The van der Waals surface area contributed by atoms with Crippen molar-refractivity contribution in [1.29, 1.82) is 0 Å². The second kappa shape index (κ2) is 5.91. The Balaban J connectivity index is 2.08. The number of hydrogen-bond donors (Lipinski definition) is 1. The molecule has 2 aromatic rings. The lowest BCUT2D eigenvalue weighted by Gasteiger charge is -2.08. The van der Waals surface area contributed by atoms with Crippen LogP contribution in [0.5, 0.6) is 0 Å². The molecule has 0 saturated carbocycles. The van der Waals surface area contributed by atoms with Crippen molar-refractivity contribution in [2.24, 2.45) is 0 Å². The summed E-state index contributed by atoms with van der Waals surface area (Å²) < 4.78 is 13.8. The van der Waals surface area contributed by atoms with Gasteiger partial charge in [-0.15, -0.1) is 0 Å². The summed E-state index contributed by atoms with van der Waals surface area (Å²) >= 11 is 14.9. The Kier molecular flexibility index (Phi) is 4.49. The van der Waals surface area contributed by atoms with Crippen molar-refractivity contribution >= 4 is 44.8 Å². The molecule has 94 valence electrons. The molecule has 1 N–H and O–H groups in total. The van der Waals surface area contributed by atoms with Crippen LogP contribution in [0.1, 0.15) is 5.56 Å². The molecule has 18 heavy (non-hydrogen) atoms. The van der Waals surface area contributed by atoms with Gasteiger partial charge in [-0.05, 0) is 51.8 Å². The Morgan fingerprint density at radius 2 is 1.72 bits per heavy atom. The van der Waals surface area contributed by atoms with E-state index in [0.29, 0.717) is 21.1 Å². The highest BCUT2D eigenvalue weighted by molar-refractivity contribution is 9.10. The molecule has 0 aliphatic rings. The lowest BCUT2D eigenvalue weighted by Crippen LogP contribution is -1.99. The molecule has 0 radical (unpaired) electrons. The van der Waals surface area contributed by atoms with Crippen LogP contribution in [0.4, 0.5) is 10.1 Å². The highest BCUT2D eigenvalue weighted by Gasteiger charge is 2.02. The van der Waals surface area contributed by atoms with E-state index in [4.69, 9.17) is 23.2 Å². The second-order valence-electron chi connectivity index (χ2n) is 3.76. The van der Waals surface area contributed by atoms with Crippen LogP contribution in [0, 0.1) is 5.82 Å². The second-order valence-corrected chi connectivity index (χ2v) is 5.49. The number of anilines is 1. The van der Waals surface area contributed by atoms with Crippen LogP contribution in [-0.2, 0) is 6.54 Å². The molecule has 5 heteroatoms. The molecule has 0 aliphatic heterocycles. The largest absolute Gasteiger partial charge is 0.381 e. The van der Waals surface area contributed by atoms with E-state index < -0.39 is 0 Å². The smallest absolute Gasteiger partial charge is 0.137 e. The van der Waals surface area contributed by atoms with Gasteiger partial charge in [-0.3, -0.25) is 0 Å². The third-order valence-corrected chi connectivity index (χ3v) is 3.42. The summed E-state index contributed by atoms with van der Waals surface area (Å²) in [6.45, 7) is 0.501. The molecular weight excluding hydrogens is 340 g/mol. The minimum atomic E-state index is -0.279. The summed E-state index contributed by atoms with van der Waals surface area (Å²) in [4.78, 5) is 0. The molecule has 0 unspecified atom stereocenters. The molecule has 0 atom stereocenters. The van der Waals surface area contributed by atoms with Gasteiger partial charge in [-0.25, -0.2) is 4.39 Å². The molecule has 0 spiro atoms. The maximum atomic E-state index is 13.3. The van der Waals surface area contributed by atoms with E-state index in [1.54, 1.807) is 24.3 Å². The first-order valence-corrected chi connectivity index (χ1v) is 6.73. The summed E-state index contributed by atoms with van der Waals surface area (Å²) in [6.07, 6.45) is 0. The van der Waals surface area contributed by atoms with Crippen LogP contribution in [0.3, 0.4) is 0 Å². The standard InChI is InChI=1S/C13H9BrCl2FN/c14-12-2-1-8(3-13(12)17)7-18-11-5-9(15)4-10(16)6-11/h1-6,18H,7H2. The van der Waals surface area contributed by atoms with Crippen molar-refractivity contribution < 1.29 is 4.39 Å². The van der Waals surface area contributed by atoms with E-state index in [1.165, 1.54) is 6.07 Å². The molecule has 0 bridgehead atoms. The van der Waals surface area contributed by atoms with Crippen LogP contribution >= 0.6 is 39.1 Å². The Morgan fingerprint density at radius 3 is 2.33 bits per heavy atom. The van der Waals surface area contributed by atoms with Crippen molar-refractivity contribution in [2.75, 3.05) is 5.32 Å². The number of nitrogens with one attached hydrogen (secondary N) is 1. The maximum Gasteiger partial charge on any atom is 0.137 e. The topological polar surface area (TPSA) is 12.0 Å². The molecule has 0 heterocycles. The van der Waals surface area contributed by atoms with Crippen LogP contribution in [-0.4, -0.2) is 0 Å². The summed E-state index contributed by atoms with van der Waals surface area (Å²) in [5.41, 5.74) is 1.64. The van der Waals surface area contributed by atoms with Crippen molar-refractivity contribution in [3.8, 4) is 0 Å². The Bertz CT molecular complexity index is 555. The fourth-order valence-electron chi connectivity index (χ4n) is 1.51. The quantitative estimate of drug-likeness (QED) is 0.771. The van der Waals surface area contributed by atoms with Gasteiger partial charge in [0.25, 0.3) is 0 Å². The molecule has 0 amide bonds. The maximum absolute atomic E-state index is 13.3. The van der Waals surface area contributed by atoms with E-state index in [9.17, 15) is 4.39 Å².